The van der Waals surface area contributed by atoms with Crippen LogP contribution in [0.5, 0.6) is 11.5 Å². The Hall–Kier alpha value is -3.61. The average molecular weight is 463 g/mol. The number of hydrogen-bond acceptors (Lipinski definition) is 6. The van der Waals surface area contributed by atoms with Gasteiger partial charge < -0.3 is 23.7 Å². The largest absolute Gasteiger partial charge is 0.454 e. The van der Waals surface area contributed by atoms with E-state index in [1.165, 1.54) is 0 Å². The highest BCUT2D eigenvalue weighted by Gasteiger charge is 2.50. The molecule has 2 aliphatic heterocycles. The van der Waals surface area contributed by atoms with Crippen molar-refractivity contribution in [2.45, 2.75) is 12.2 Å². The molecule has 0 N–H and O–H groups in total. The van der Waals surface area contributed by atoms with Gasteiger partial charge in [-0.25, -0.2) is 4.79 Å². The lowest BCUT2D eigenvalue weighted by Gasteiger charge is -2.31. The Morgan fingerprint density at radius 3 is 2.48 bits per heavy atom. The molecule has 1 atom stereocenters. The summed E-state index contributed by atoms with van der Waals surface area (Å²) in [5.41, 5.74) is 3.07. The number of ether oxygens (including phenoxy) is 4. The van der Waals surface area contributed by atoms with Crippen LogP contribution in [0.4, 0.5) is 0 Å². The van der Waals surface area contributed by atoms with Crippen molar-refractivity contribution in [1.29, 1.82) is 0 Å². The third kappa shape index (κ3) is 3.88. The Bertz CT molecular complexity index is 1240. The van der Waals surface area contributed by atoms with Crippen molar-refractivity contribution in [3.8, 4) is 11.5 Å². The number of esters is 1. The molecule has 3 aromatic carbocycles. The zero-order valence-corrected chi connectivity index (χ0v) is 18.2. The van der Waals surface area contributed by atoms with Crippen LogP contribution in [0.2, 0.25) is 5.02 Å². The summed E-state index contributed by atoms with van der Waals surface area (Å²) in [6, 6.07) is 21.8. The quantitative estimate of drug-likeness (QED) is 0.375. The van der Waals surface area contributed by atoms with E-state index in [2.05, 4.69) is 0 Å². The van der Waals surface area contributed by atoms with Crippen LogP contribution < -0.4 is 9.47 Å². The summed E-state index contributed by atoms with van der Waals surface area (Å²) in [5.74, 6) is -0.980. The van der Waals surface area contributed by atoms with Crippen molar-refractivity contribution in [3.05, 3.63) is 100 Å². The van der Waals surface area contributed by atoms with Crippen molar-refractivity contribution in [2.24, 2.45) is 0 Å². The van der Waals surface area contributed by atoms with E-state index >= 15 is 0 Å². The summed E-state index contributed by atoms with van der Waals surface area (Å²) in [6.07, 6.45) is 0.988. The molecule has 1 unspecified atom stereocenters. The standard InChI is InChI=1S/C26H19ClO6/c27-20-9-7-19(8-10-20)26(32-13-12-28)21(14-17-4-2-1-3-5-17)24(25(29)33-26)18-6-11-22-23(15-18)31-16-30-22/h1-12,15H,13-14,16H2. The molecule has 0 saturated heterocycles. The van der Waals surface area contributed by atoms with Gasteiger partial charge in [0.25, 0.3) is 5.79 Å². The number of hydrogen-bond donors (Lipinski definition) is 0. The molecule has 2 aliphatic rings. The van der Waals surface area contributed by atoms with Gasteiger partial charge in [-0.15, -0.1) is 0 Å². The van der Waals surface area contributed by atoms with Gasteiger partial charge in [0.1, 0.15) is 12.9 Å². The highest BCUT2D eigenvalue weighted by molar-refractivity contribution is 6.30. The third-order valence-electron chi connectivity index (χ3n) is 5.60. The van der Waals surface area contributed by atoms with Crippen LogP contribution in [0, 0.1) is 0 Å². The summed E-state index contributed by atoms with van der Waals surface area (Å²) in [4.78, 5) is 24.6. The number of aldehydes is 1. The van der Waals surface area contributed by atoms with Crippen molar-refractivity contribution in [3.63, 3.8) is 0 Å². The number of rotatable bonds is 7. The Labute approximate surface area is 195 Å². The SMILES string of the molecule is O=CCOC1(c2ccc(Cl)cc2)OC(=O)C(c2ccc3c(c2)OCO3)=C1Cc1ccccc1. The summed E-state index contributed by atoms with van der Waals surface area (Å²) in [6.45, 7) is -0.140. The summed E-state index contributed by atoms with van der Waals surface area (Å²) in [5, 5.41) is 0.526. The van der Waals surface area contributed by atoms with Gasteiger partial charge in [0.05, 0.1) is 5.57 Å². The molecule has 0 saturated carbocycles. The third-order valence-corrected chi connectivity index (χ3v) is 5.86. The number of carbonyl (C=O) groups excluding carboxylic acids is 2. The lowest BCUT2D eigenvalue weighted by atomic mass is 9.88. The highest BCUT2D eigenvalue weighted by atomic mass is 35.5. The van der Waals surface area contributed by atoms with Gasteiger partial charge in [-0.1, -0.05) is 60.1 Å². The van der Waals surface area contributed by atoms with Crippen LogP contribution in [-0.2, 0) is 31.3 Å². The molecule has 0 aliphatic carbocycles. The van der Waals surface area contributed by atoms with Crippen molar-refractivity contribution >= 4 is 29.4 Å². The van der Waals surface area contributed by atoms with E-state index < -0.39 is 11.8 Å². The topological polar surface area (TPSA) is 71.1 Å². The smallest absolute Gasteiger partial charge is 0.342 e. The second-order valence-corrected chi connectivity index (χ2v) is 8.01. The van der Waals surface area contributed by atoms with Crippen LogP contribution in [0.25, 0.3) is 5.57 Å². The van der Waals surface area contributed by atoms with Gasteiger partial charge in [-0.2, -0.15) is 0 Å². The maximum Gasteiger partial charge on any atom is 0.342 e. The molecule has 0 bridgehead atoms. The first-order valence-electron chi connectivity index (χ1n) is 10.4. The van der Waals surface area contributed by atoms with Crippen molar-refractivity contribution < 1.29 is 28.5 Å². The van der Waals surface area contributed by atoms with Crippen LogP contribution in [-0.4, -0.2) is 25.7 Å². The molecule has 0 fully saturated rings. The maximum absolute atomic E-state index is 13.3. The lowest BCUT2D eigenvalue weighted by molar-refractivity contribution is -0.206. The van der Waals surface area contributed by atoms with E-state index in [0.717, 1.165) is 5.56 Å². The van der Waals surface area contributed by atoms with Crippen molar-refractivity contribution in [1.82, 2.24) is 0 Å². The normalized spacial score (nSPS) is 19.0. The van der Waals surface area contributed by atoms with Crippen LogP contribution >= 0.6 is 11.6 Å². The second kappa shape index (κ2) is 8.73. The van der Waals surface area contributed by atoms with Gasteiger partial charge >= 0.3 is 5.97 Å². The fourth-order valence-corrected chi connectivity index (χ4v) is 4.26. The molecule has 33 heavy (non-hydrogen) atoms. The van der Waals surface area contributed by atoms with Crippen LogP contribution in [0.3, 0.4) is 0 Å². The molecule has 0 radical (unpaired) electrons. The minimum atomic E-state index is -1.58. The van der Waals surface area contributed by atoms with E-state index in [0.29, 0.717) is 51.5 Å². The molecule has 0 amide bonds. The van der Waals surface area contributed by atoms with Gasteiger partial charge in [0.2, 0.25) is 6.79 Å². The van der Waals surface area contributed by atoms with Crippen molar-refractivity contribution in [2.75, 3.05) is 13.4 Å². The molecular formula is C26H19ClO6. The second-order valence-electron chi connectivity index (χ2n) is 7.57. The van der Waals surface area contributed by atoms with Crippen LogP contribution in [0.15, 0.2) is 78.4 Å². The monoisotopic (exact) mass is 462 g/mol. The zero-order chi connectivity index (χ0) is 22.8. The molecular weight excluding hydrogens is 444 g/mol. The Balaban J connectivity index is 1.72. The summed E-state index contributed by atoms with van der Waals surface area (Å²) >= 11 is 6.10. The Morgan fingerprint density at radius 1 is 0.970 bits per heavy atom. The first kappa shape index (κ1) is 21.2. The average Bonchev–Trinajstić information content (AvgIpc) is 3.41. The zero-order valence-electron chi connectivity index (χ0n) is 17.5. The maximum atomic E-state index is 13.3. The van der Waals surface area contributed by atoms with Gasteiger partial charge in [0, 0.05) is 22.6 Å². The first-order valence-corrected chi connectivity index (χ1v) is 10.7. The Kier molecular flexibility index (Phi) is 5.62. The van der Waals surface area contributed by atoms with E-state index in [1.54, 1.807) is 42.5 Å². The molecule has 7 heteroatoms. The predicted octanol–water partition coefficient (Wildman–Crippen LogP) is 4.69. The van der Waals surface area contributed by atoms with E-state index in [-0.39, 0.29) is 13.4 Å². The highest BCUT2D eigenvalue weighted by Crippen LogP contribution is 2.48. The minimum absolute atomic E-state index is 0.121. The molecule has 0 spiro atoms. The summed E-state index contributed by atoms with van der Waals surface area (Å²) in [7, 11) is 0. The first-order chi connectivity index (χ1) is 16.1. The number of halogens is 1. The molecule has 0 aromatic heterocycles. The fourth-order valence-electron chi connectivity index (χ4n) is 4.13. The van der Waals surface area contributed by atoms with Crippen LogP contribution in [0.1, 0.15) is 16.7 Å². The predicted molar refractivity (Wildman–Crippen MR) is 121 cm³/mol. The van der Waals surface area contributed by atoms with E-state index in [4.69, 9.17) is 30.5 Å². The number of fused-ring (bicyclic) bond motifs is 1. The van der Waals surface area contributed by atoms with Gasteiger partial charge in [-0.05, 0) is 35.4 Å². The lowest BCUT2D eigenvalue weighted by Crippen LogP contribution is -2.34. The number of cyclic esters (lactones) is 1. The minimum Gasteiger partial charge on any atom is -0.454 e. The number of carbonyl (C=O) groups is 2. The molecule has 166 valence electrons. The molecule has 6 nitrogen and oxygen atoms in total. The molecule has 2 heterocycles. The summed E-state index contributed by atoms with van der Waals surface area (Å²) < 4.78 is 22.9. The fraction of sp³-hybridized carbons (Fsp3) is 0.154. The molecule has 5 rings (SSSR count). The van der Waals surface area contributed by atoms with Gasteiger partial charge in [0.15, 0.2) is 11.5 Å². The van der Waals surface area contributed by atoms with E-state index in [1.807, 2.05) is 30.3 Å². The van der Waals surface area contributed by atoms with E-state index in [9.17, 15) is 9.59 Å². The molecule has 3 aromatic rings. The number of benzene rings is 3. The Morgan fingerprint density at radius 2 is 1.73 bits per heavy atom. The van der Waals surface area contributed by atoms with Gasteiger partial charge in [-0.3, -0.25) is 0 Å².